The van der Waals surface area contributed by atoms with Crippen molar-refractivity contribution in [3.63, 3.8) is 0 Å². The lowest BCUT2D eigenvalue weighted by atomic mass is 9.93. The van der Waals surface area contributed by atoms with E-state index in [1.807, 2.05) is 11.8 Å². The molecule has 0 bridgehead atoms. The minimum atomic E-state index is 0.0706. The number of hydrogen-bond donors (Lipinski definition) is 0. The summed E-state index contributed by atoms with van der Waals surface area (Å²) in [7, 11) is 0. The second-order valence-electron chi connectivity index (χ2n) is 3.09. The van der Waals surface area contributed by atoms with E-state index in [4.69, 9.17) is 0 Å². The average molecular weight is 159 g/mol. The van der Waals surface area contributed by atoms with Gasteiger partial charge in [0.05, 0.1) is 6.04 Å². The minimum absolute atomic E-state index is 0.0706. The lowest BCUT2D eigenvalue weighted by Gasteiger charge is -2.28. The maximum Gasteiger partial charge on any atom is 0.0986 e. The molecule has 1 rings (SSSR count). The van der Waals surface area contributed by atoms with Gasteiger partial charge < -0.3 is 0 Å². The van der Waals surface area contributed by atoms with Crippen molar-refractivity contribution in [3.05, 3.63) is 4.91 Å². The molecule has 1 saturated heterocycles. The summed E-state index contributed by atoms with van der Waals surface area (Å²) in [6, 6.07) is 0.0706. The van der Waals surface area contributed by atoms with Gasteiger partial charge in [0, 0.05) is 0 Å². The highest BCUT2D eigenvalue weighted by Crippen LogP contribution is 2.29. The summed E-state index contributed by atoms with van der Waals surface area (Å²) in [6.07, 6.45) is 0. The van der Waals surface area contributed by atoms with E-state index < -0.39 is 0 Å². The third-order valence-corrected chi connectivity index (χ3v) is 3.57. The molecule has 10 heavy (non-hydrogen) atoms. The molecular formula is C7H13NOS. The Morgan fingerprint density at radius 2 is 1.80 bits per heavy atom. The summed E-state index contributed by atoms with van der Waals surface area (Å²) < 4.78 is 0. The molecule has 0 spiro atoms. The van der Waals surface area contributed by atoms with Gasteiger partial charge in [0.25, 0.3) is 0 Å². The lowest BCUT2D eigenvalue weighted by molar-refractivity contribution is 0.384. The maximum absolute atomic E-state index is 10.3. The van der Waals surface area contributed by atoms with Crippen LogP contribution in [0.25, 0.3) is 0 Å². The van der Waals surface area contributed by atoms with Crippen molar-refractivity contribution in [2.75, 3.05) is 11.5 Å². The minimum Gasteiger partial charge on any atom is -0.161 e. The van der Waals surface area contributed by atoms with Crippen molar-refractivity contribution in [1.29, 1.82) is 0 Å². The summed E-state index contributed by atoms with van der Waals surface area (Å²) in [4.78, 5) is 10.3. The van der Waals surface area contributed by atoms with Gasteiger partial charge in [-0.15, -0.1) is 0 Å². The first kappa shape index (κ1) is 8.05. The van der Waals surface area contributed by atoms with E-state index in [1.165, 1.54) is 0 Å². The Morgan fingerprint density at radius 3 is 2.10 bits per heavy atom. The molecule has 2 atom stereocenters. The molecule has 58 valence electrons. The SMILES string of the molecule is CC1CSCC(C)C1N=O. The quantitative estimate of drug-likeness (QED) is 0.548. The molecule has 1 fully saturated rings. The van der Waals surface area contributed by atoms with Gasteiger partial charge >= 0.3 is 0 Å². The molecule has 0 N–H and O–H groups in total. The molecule has 2 unspecified atom stereocenters. The monoisotopic (exact) mass is 159 g/mol. The van der Waals surface area contributed by atoms with Gasteiger partial charge in [-0.05, 0) is 23.3 Å². The molecule has 2 nitrogen and oxygen atoms in total. The van der Waals surface area contributed by atoms with Crippen LogP contribution in [0.5, 0.6) is 0 Å². The van der Waals surface area contributed by atoms with Crippen molar-refractivity contribution >= 4 is 11.8 Å². The van der Waals surface area contributed by atoms with Gasteiger partial charge in [-0.2, -0.15) is 16.7 Å². The zero-order valence-electron chi connectivity index (χ0n) is 6.41. The fourth-order valence-corrected chi connectivity index (χ4v) is 2.68. The number of thioether (sulfide) groups is 1. The van der Waals surface area contributed by atoms with Crippen LogP contribution in [-0.2, 0) is 0 Å². The fourth-order valence-electron chi connectivity index (χ4n) is 1.41. The maximum atomic E-state index is 10.3. The summed E-state index contributed by atoms with van der Waals surface area (Å²) in [5, 5.41) is 3.15. The summed E-state index contributed by atoms with van der Waals surface area (Å²) in [6.45, 7) is 4.21. The van der Waals surface area contributed by atoms with Crippen molar-refractivity contribution < 1.29 is 0 Å². The Morgan fingerprint density at radius 1 is 1.30 bits per heavy atom. The Bertz CT molecular complexity index is 119. The second kappa shape index (κ2) is 3.37. The van der Waals surface area contributed by atoms with Crippen LogP contribution in [0.4, 0.5) is 0 Å². The summed E-state index contributed by atoms with van der Waals surface area (Å²) in [5.74, 6) is 3.15. The first-order chi connectivity index (χ1) is 4.75. The molecule has 0 aromatic carbocycles. The predicted octanol–water partition coefficient (Wildman–Crippen LogP) is 2.14. The van der Waals surface area contributed by atoms with Crippen molar-refractivity contribution in [1.82, 2.24) is 0 Å². The van der Waals surface area contributed by atoms with E-state index in [0.29, 0.717) is 11.8 Å². The van der Waals surface area contributed by atoms with Crippen LogP contribution in [0.15, 0.2) is 5.18 Å². The van der Waals surface area contributed by atoms with E-state index in [9.17, 15) is 4.91 Å². The average Bonchev–Trinajstić information content (AvgIpc) is 1.88. The number of rotatable bonds is 1. The fraction of sp³-hybridized carbons (Fsp3) is 1.00. The lowest BCUT2D eigenvalue weighted by Crippen LogP contribution is -2.31. The zero-order valence-corrected chi connectivity index (χ0v) is 7.23. The van der Waals surface area contributed by atoms with Crippen LogP contribution >= 0.6 is 11.8 Å². The third-order valence-electron chi connectivity index (χ3n) is 2.05. The highest BCUT2D eigenvalue weighted by atomic mass is 32.2. The first-order valence-corrected chi connectivity index (χ1v) is 4.81. The molecule has 0 saturated carbocycles. The second-order valence-corrected chi connectivity index (χ2v) is 4.16. The third kappa shape index (κ3) is 1.51. The van der Waals surface area contributed by atoms with Gasteiger partial charge in [-0.3, -0.25) is 0 Å². The van der Waals surface area contributed by atoms with Crippen LogP contribution in [0.1, 0.15) is 13.8 Å². The largest absolute Gasteiger partial charge is 0.161 e. The molecule has 1 aliphatic heterocycles. The van der Waals surface area contributed by atoms with Crippen molar-refractivity contribution in [2.24, 2.45) is 17.0 Å². The van der Waals surface area contributed by atoms with Crippen LogP contribution < -0.4 is 0 Å². The standard InChI is InChI=1S/C7H13NOS/c1-5-3-10-4-6(2)7(5)8-9/h5-7H,3-4H2,1-2H3. The Labute approximate surface area is 65.7 Å². The molecule has 0 aliphatic carbocycles. The molecule has 3 heteroatoms. The number of nitrogens with zero attached hydrogens (tertiary/aromatic N) is 1. The molecule has 0 amide bonds. The van der Waals surface area contributed by atoms with Crippen LogP contribution in [0, 0.1) is 16.7 Å². The number of nitroso groups, excluding NO2 is 1. The van der Waals surface area contributed by atoms with E-state index in [0.717, 1.165) is 11.5 Å². The van der Waals surface area contributed by atoms with Crippen LogP contribution in [0.2, 0.25) is 0 Å². The first-order valence-electron chi connectivity index (χ1n) is 3.66. The smallest absolute Gasteiger partial charge is 0.0986 e. The predicted molar refractivity (Wildman–Crippen MR) is 45.2 cm³/mol. The van der Waals surface area contributed by atoms with Gasteiger partial charge in [0.15, 0.2) is 0 Å². The molecule has 0 aromatic rings. The van der Waals surface area contributed by atoms with E-state index in [-0.39, 0.29) is 6.04 Å². The van der Waals surface area contributed by atoms with Crippen molar-refractivity contribution in [3.8, 4) is 0 Å². The molecule has 0 aromatic heterocycles. The summed E-state index contributed by atoms with van der Waals surface area (Å²) >= 11 is 1.93. The normalized spacial score (nSPS) is 41.2. The summed E-state index contributed by atoms with van der Waals surface area (Å²) in [5.41, 5.74) is 0. The highest BCUT2D eigenvalue weighted by molar-refractivity contribution is 7.99. The topological polar surface area (TPSA) is 29.4 Å². The highest BCUT2D eigenvalue weighted by Gasteiger charge is 2.28. The van der Waals surface area contributed by atoms with Gasteiger partial charge in [-0.25, -0.2) is 0 Å². The zero-order chi connectivity index (χ0) is 7.56. The molecule has 1 heterocycles. The van der Waals surface area contributed by atoms with Gasteiger partial charge in [-0.1, -0.05) is 19.0 Å². The Kier molecular flexibility index (Phi) is 2.72. The Hall–Kier alpha value is -0.0500. The number of hydrogen-bond acceptors (Lipinski definition) is 3. The van der Waals surface area contributed by atoms with Gasteiger partial charge in [0.2, 0.25) is 0 Å². The molecule has 0 radical (unpaired) electrons. The van der Waals surface area contributed by atoms with Crippen LogP contribution in [-0.4, -0.2) is 17.5 Å². The van der Waals surface area contributed by atoms with Gasteiger partial charge in [0.1, 0.15) is 0 Å². The molecular weight excluding hydrogens is 146 g/mol. The van der Waals surface area contributed by atoms with Crippen molar-refractivity contribution in [2.45, 2.75) is 19.9 Å². The molecule has 1 aliphatic rings. The van der Waals surface area contributed by atoms with E-state index in [2.05, 4.69) is 19.0 Å². The van der Waals surface area contributed by atoms with E-state index in [1.54, 1.807) is 0 Å². The van der Waals surface area contributed by atoms with Crippen LogP contribution in [0.3, 0.4) is 0 Å². The Balaban J connectivity index is 2.53. The van der Waals surface area contributed by atoms with E-state index >= 15 is 0 Å².